The summed E-state index contributed by atoms with van der Waals surface area (Å²) < 4.78 is 5.21. The molecule has 0 aliphatic heterocycles. The summed E-state index contributed by atoms with van der Waals surface area (Å²) >= 11 is 6.23. The van der Waals surface area contributed by atoms with Gasteiger partial charge < -0.3 is 10.1 Å². The fourth-order valence-corrected chi connectivity index (χ4v) is 2.89. The smallest absolute Gasteiger partial charge is 0.137 e. The van der Waals surface area contributed by atoms with Crippen molar-refractivity contribution in [2.75, 3.05) is 14.2 Å². The molecule has 0 aliphatic rings. The second-order valence-electron chi connectivity index (χ2n) is 4.97. The van der Waals surface area contributed by atoms with Gasteiger partial charge in [-0.05, 0) is 37.1 Å². The van der Waals surface area contributed by atoms with Crippen LogP contribution in [0.4, 0.5) is 0 Å². The second-order valence-corrected chi connectivity index (χ2v) is 5.38. The molecule has 108 valence electrons. The number of methoxy groups -OCH3 is 1. The number of halogens is 1. The standard InChI is InChI=1S/C16H26ClNO/c1-5-7-8-12(6-2)16(18-3)13-9-10-15(19-4)14(17)11-13/h9-12,16,18H,5-8H2,1-4H3. The topological polar surface area (TPSA) is 21.3 Å². The molecule has 2 unspecified atom stereocenters. The average Bonchev–Trinajstić information content (AvgIpc) is 2.43. The number of nitrogens with one attached hydrogen (secondary N) is 1. The molecule has 2 nitrogen and oxygen atoms in total. The molecule has 0 aliphatic carbocycles. The number of hydrogen-bond donors (Lipinski definition) is 1. The van der Waals surface area contributed by atoms with Gasteiger partial charge >= 0.3 is 0 Å². The van der Waals surface area contributed by atoms with Gasteiger partial charge in [0.15, 0.2) is 0 Å². The molecule has 0 saturated heterocycles. The van der Waals surface area contributed by atoms with Gasteiger partial charge in [0.05, 0.1) is 12.1 Å². The molecule has 0 fully saturated rings. The van der Waals surface area contributed by atoms with Gasteiger partial charge in [-0.3, -0.25) is 0 Å². The first-order chi connectivity index (χ1) is 9.17. The van der Waals surface area contributed by atoms with E-state index >= 15 is 0 Å². The van der Waals surface area contributed by atoms with E-state index in [9.17, 15) is 0 Å². The van der Waals surface area contributed by atoms with Crippen molar-refractivity contribution >= 4 is 11.6 Å². The van der Waals surface area contributed by atoms with Crippen molar-refractivity contribution in [3.63, 3.8) is 0 Å². The van der Waals surface area contributed by atoms with Gasteiger partial charge in [-0.15, -0.1) is 0 Å². The Balaban J connectivity index is 2.91. The van der Waals surface area contributed by atoms with E-state index < -0.39 is 0 Å². The number of rotatable bonds is 8. The Labute approximate surface area is 122 Å². The molecule has 2 atom stereocenters. The van der Waals surface area contributed by atoms with Crippen LogP contribution in [0.1, 0.15) is 51.1 Å². The normalized spacial score (nSPS) is 14.2. The SMILES string of the molecule is CCCCC(CC)C(NC)c1ccc(OC)c(Cl)c1. The molecule has 1 rings (SSSR count). The van der Waals surface area contributed by atoms with E-state index in [4.69, 9.17) is 16.3 Å². The van der Waals surface area contributed by atoms with E-state index in [1.165, 1.54) is 31.2 Å². The molecule has 1 aromatic rings. The lowest BCUT2D eigenvalue weighted by Crippen LogP contribution is -2.25. The highest BCUT2D eigenvalue weighted by molar-refractivity contribution is 6.32. The van der Waals surface area contributed by atoms with Gasteiger partial charge in [-0.1, -0.05) is 50.8 Å². The third kappa shape index (κ3) is 4.39. The van der Waals surface area contributed by atoms with E-state index in [0.29, 0.717) is 17.0 Å². The van der Waals surface area contributed by atoms with Gasteiger partial charge in [0.2, 0.25) is 0 Å². The van der Waals surface area contributed by atoms with Crippen LogP contribution in [0.5, 0.6) is 5.75 Å². The van der Waals surface area contributed by atoms with Crippen LogP contribution in [0.15, 0.2) is 18.2 Å². The molecule has 0 heterocycles. The van der Waals surface area contributed by atoms with Crippen molar-refractivity contribution in [1.29, 1.82) is 0 Å². The van der Waals surface area contributed by atoms with Crippen molar-refractivity contribution in [2.45, 2.75) is 45.6 Å². The molecule has 1 N–H and O–H groups in total. The van der Waals surface area contributed by atoms with Crippen LogP contribution in [0.3, 0.4) is 0 Å². The Bertz CT molecular complexity index is 381. The first-order valence-electron chi connectivity index (χ1n) is 7.18. The third-order valence-corrected chi connectivity index (χ3v) is 4.07. The van der Waals surface area contributed by atoms with Crippen molar-refractivity contribution in [2.24, 2.45) is 5.92 Å². The Hall–Kier alpha value is -0.730. The minimum Gasteiger partial charge on any atom is -0.495 e. The second kappa shape index (κ2) is 8.44. The van der Waals surface area contributed by atoms with E-state index in [0.717, 1.165) is 5.75 Å². The fraction of sp³-hybridized carbons (Fsp3) is 0.625. The number of benzene rings is 1. The van der Waals surface area contributed by atoms with Crippen LogP contribution in [0.25, 0.3) is 0 Å². The largest absolute Gasteiger partial charge is 0.495 e. The zero-order valence-electron chi connectivity index (χ0n) is 12.5. The van der Waals surface area contributed by atoms with Crippen LogP contribution in [0.2, 0.25) is 5.02 Å². The minimum atomic E-state index is 0.361. The zero-order valence-corrected chi connectivity index (χ0v) is 13.3. The van der Waals surface area contributed by atoms with Gasteiger partial charge in [0, 0.05) is 6.04 Å². The Morgan fingerprint density at radius 1 is 1.32 bits per heavy atom. The summed E-state index contributed by atoms with van der Waals surface area (Å²) in [4.78, 5) is 0. The Morgan fingerprint density at radius 2 is 2.05 bits per heavy atom. The van der Waals surface area contributed by atoms with E-state index in [2.05, 4.69) is 25.2 Å². The number of hydrogen-bond acceptors (Lipinski definition) is 2. The van der Waals surface area contributed by atoms with Crippen molar-refractivity contribution in [1.82, 2.24) is 5.32 Å². The summed E-state index contributed by atoms with van der Waals surface area (Å²) in [7, 11) is 3.67. The maximum absolute atomic E-state index is 6.23. The van der Waals surface area contributed by atoms with Gasteiger partial charge in [-0.2, -0.15) is 0 Å². The molecule has 0 saturated carbocycles. The molecule has 0 radical (unpaired) electrons. The van der Waals surface area contributed by atoms with Crippen molar-refractivity contribution in [3.8, 4) is 5.75 Å². The fourth-order valence-electron chi connectivity index (χ4n) is 2.62. The highest BCUT2D eigenvalue weighted by Crippen LogP contribution is 2.33. The molecule has 0 amide bonds. The first-order valence-corrected chi connectivity index (χ1v) is 7.56. The minimum absolute atomic E-state index is 0.361. The van der Waals surface area contributed by atoms with E-state index in [1.54, 1.807) is 7.11 Å². The van der Waals surface area contributed by atoms with Crippen LogP contribution >= 0.6 is 11.6 Å². The summed E-state index contributed by atoms with van der Waals surface area (Å²) in [5.74, 6) is 1.39. The molecule has 19 heavy (non-hydrogen) atoms. The van der Waals surface area contributed by atoms with E-state index in [1.807, 2.05) is 19.2 Å². The lowest BCUT2D eigenvalue weighted by atomic mass is 9.87. The summed E-state index contributed by atoms with van der Waals surface area (Å²) in [5.41, 5.74) is 1.25. The Morgan fingerprint density at radius 3 is 2.53 bits per heavy atom. The molecular formula is C16H26ClNO. The maximum Gasteiger partial charge on any atom is 0.137 e. The molecule has 3 heteroatoms. The summed E-state index contributed by atoms with van der Waals surface area (Å²) in [6.45, 7) is 4.50. The molecule has 1 aromatic carbocycles. The predicted molar refractivity (Wildman–Crippen MR) is 83.1 cm³/mol. The molecular weight excluding hydrogens is 258 g/mol. The lowest BCUT2D eigenvalue weighted by molar-refractivity contribution is 0.338. The lowest BCUT2D eigenvalue weighted by Gasteiger charge is -2.27. The third-order valence-electron chi connectivity index (χ3n) is 3.77. The summed E-state index contributed by atoms with van der Waals surface area (Å²) in [6, 6.07) is 6.45. The highest BCUT2D eigenvalue weighted by atomic mass is 35.5. The molecule has 0 aromatic heterocycles. The highest BCUT2D eigenvalue weighted by Gasteiger charge is 2.20. The van der Waals surface area contributed by atoms with Gasteiger partial charge in [0.1, 0.15) is 5.75 Å². The number of ether oxygens (including phenoxy) is 1. The first kappa shape index (κ1) is 16.3. The van der Waals surface area contributed by atoms with Crippen LogP contribution in [0, 0.1) is 5.92 Å². The summed E-state index contributed by atoms with van der Waals surface area (Å²) in [6.07, 6.45) is 4.95. The monoisotopic (exact) mass is 283 g/mol. The molecule has 0 spiro atoms. The van der Waals surface area contributed by atoms with Crippen molar-refractivity contribution < 1.29 is 4.74 Å². The predicted octanol–water partition coefficient (Wildman–Crippen LogP) is 4.83. The Kier molecular flexibility index (Phi) is 7.25. The van der Waals surface area contributed by atoms with Gasteiger partial charge in [0.25, 0.3) is 0 Å². The average molecular weight is 284 g/mol. The zero-order chi connectivity index (χ0) is 14.3. The van der Waals surface area contributed by atoms with Crippen LogP contribution < -0.4 is 10.1 Å². The quantitative estimate of drug-likeness (QED) is 0.738. The summed E-state index contributed by atoms with van der Waals surface area (Å²) in [5, 5.41) is 4.13. The number of unbranched alkanes of at least 4 members (excludes halogenated alkanes) is 1. The van der Waals surface area contributed by atoms with E-state index in [-0.39, 0.29) is 0 Å². The molecule has 0 bridgehead atoms. The van der Waals surface area contributed by atoms with Crippen molar-refractivity contribution in [3.05, 3.63) is 28.8 Å². The van der Waals surface area contributed by atoms with Crippen LogP contribution in [-0.2, 0) is 0 Å². The maximum atomic E-state index is 6.23. The van der Waals surface area contributed by atoms with Crippen LogP contribution in [-0.4, -0.2) is 14.2 Å². The van der Waals surface area contributed by atoms with Gasteiger partial charge in [-0.25, -0.2) is 0 Å².